The van der Waals surface area contributed by atoms with Crippen LogP contribution in [0.15, 0.2) is 17.6 Å². The number of hydrogen-bond acceptors (Lipinski definition) is 3. The summed E-state index contributed by atoms with van der Waals surface area (Å²) in [5.74, 6) is 0.924. The molecule has 3 heteroatoms. The fraction of sp³-hybridized carbons (Fsp3) is 0.571. The van der Waals surface area contributed by atoms with E-state index in [1.54, 1.807) is 11.1 Å². The lowest BCUT2D eigenvalue weighted by Gasteiger charge is -2.14. The molecule has 0 amide bonds. The standard InChI is InChI=1S/C7H12N2O/c1-4-5-9-6(2)8-7(3)10-9/h4,7H,1,5H2,2-3H3. The summed E-state index contributed by atoms with van der Waals surface area (Å²) >= 11 is 0. The number of rotatable bonds is 2. The third kappa shape index (κ3) is 1.36. The monoisotopic (exact) mass is 140 g/mol. The molecule has 56 valence electrons. The molecule has 1 rings (SSSR count). The second-order valence-electron chi connectivity index (χ2n) is 2.23. The lowest BCUT2D eigenvalue weighted by Crippen LogP contribution is -2.24. The zero-order valence-corrected chi connectivity index (χ0v) is 6.37. The highest BCUT2D eigenvalue weighted by atomic mass is 16.7. The molecule has 0 fully saturated rings. The molecule has 0 aromatic rings. The maximum absolute atomic E-state index is 5.27. The molecular weight excluding hydrogens is 128 g/mol. The van der Waals surface area contributed by atoms with Gasteiger partial charge in [-0.1, -0.05) is 6.08 Å². The third-order valence-corrected chi connectivity index (χ3v) is 1.30. The predicted octanol–water partition coefficient (Wildman–Crippen LogP) is 1.18. The van der Waals surface area contributed by atoms with E-state index in [1.165, 1.54) is 0 Å². The molecule has 3 nitrogen and oxygen atoms in total. The quantitative estimate of drug-likeness (QED) is 0.538. The molecule has 10 heavy (non-hydrogen) atoms. The number of aliphatic imine (C=N–C) groups is 1. The summed E-state index contributed by atoms with van der Waals surface area (Å²) in [5, 5.41) is 1.73. The van der Waals surface area contributed by atoms with Gasteiger partial charge < -0.3 is 0 Å². The van der Waals surface area contributed by atoms with Gasteiger partial charge in [-0.3, -0.25) is 0 Å². The van der Waals surface area contributed by atoms with Gasteiger partial charge in [-0.25, -0.2) is 14.9 Å². The Morgan fingerprint density at radius 2 is 2.60 bits per heavy atom. The van der Waals surface area contributed by atoms with Crippen LogP contribution in [0, 0.1) is 0 Å². The molecule has 0 aromatic carbocycles. The van der Waals surface area contributed by atoms with Crippen molar-refractivity contribution in [2.45, 2.75) is 20.1 Å². The molecule has 1 aliphatic heterocycles. The van der Waals surface area contributed by atoms with E-state index in [4.69, 9.17) is 4.84 Å². The van der Waals surface area contributed by atoms with Gasteiger partial charge in [-0.2, -0.15) is 0 Å². The van der Waals surface area contributed by atoms with Crippen molar-refractivity contribution in [2.24, 2.45) is 4.99 Å². The van der Waals surface area contributed by atoms with E-state index in [1.807, 2.05) is 13.8 Å². The molecular formula is C7H12N2O. The average Bonchev–Trinajstić information content (AvgIpc) is 2.13. The van der Waals surface area contributed by atoms with Gasteiger partial charge in [0.05, 0.1) is 6.54 Å². The van der Waals surface area contributed by atoms with Crippen LogP contribution < -0.4 is 0 Å². The van der Waals surface area contributed by atoms with Crippen LogP contribution in [0.5, 0.6) is 0 Å². The molecule has 1 heterocycles. The lowest BCUT2D eigenvalue weighted by molar-refractivity contribution is -0.107. The van der Waals surface area contributed by atoms with E-state index in [9.17, 15) is 0 Å². The number of hydrogen-bond donors (Lipinski definition) is 0. The van der Waals surface area contributed by atoms with Crippen molar-refractivity contribution >= 4 is 5.84 Å². The Hall–Kier alpha value is -0.830. The van der Waals surface area contributed by atoms with E-state index in [2.05, 4.69) is 11.6 Å². The van der Waals surface area contributed by atoms with Gasteiger partial charge in [-0.15, -0.1) is 6.58 Å². The average molecular weight is 140 g/mol. The van der Waals surface area contributed by atoms with Crippen molar-refractivity contribution in [3.63, 3.8) is 0 Å². The van der Waals surface area contributed by atoms with Crippen molar-refractivity contribution in [3.8, 4) is 0 Å². The molecule has 0 saturated carbocycles. The first-order valence-corrected chi connectivity index (χ1v) is 3.33. The Bertz CT molecular complexity index is 165. The Balaban J connectivity index is 2.50. The van der Waals surface area contributed by atoms with Crippen LogP contribution in [-0.4, -0.2) is 23.7 Å². The highest BCUT2D eigenvalue weighted by molar-refractivity contribution is 5.79. The first-order valence-electron chi connectivity index (χ1n) is 3.33. The van der Waals surface area contributed by atoms with Crippen LogP contribution in [0.4, 0.5) is 0 Å². The molecule has 1 unspecified atom stereocenters. The zero-order chi connectivity index (χ0) is 7.56. The van der Waals surface area contributed by atoms with Crippen LogP contribution in [-0.2, 0) is 4.84 Å². The van der Waals surface area contributed by atoms with Crippen molar-refractivity contribution in [3.05, 3.63) is 12.7 Å². The summed E-state index contributed by atoms with van der Waals surface area (Å²) in [5.41, 5.74) is 0. The second kappa shape index (κ2) is 2.84. The Morgan fingerprint density at radius 3 is 3.00 bits per heavy atom. The predicted molar refractivity (Wildman–Crippen MR) is 40.6 cm³/mol. The minimum absolute atomic E-state index is 0.0278. The molecule has 0 aromatic heterocycles. The molecule has 1 atom stereocenters. The van der Waals surface area contributed by atoms with E-state index < -0.39 is 0 Å². The van der Waals surface area contributed by atoms with Crippen LogP contribution in [0.2, 0.25) is 0 Å². The molecule has 0 saturated heterocycles. The Morgan fingerprint density at radius 1 is 1.90 bits per heavy atom. The summed E-state index contributed by atoms with van der Waals surface area (Å²) in [6, 6.07) is 0. The molecule has 0 spiro atoms. The topological polar surface area (TPSA) is 24.8 Å². The van der Waals surface area contributed by atoms with Crippen LogP contribution >= 0.6 is 0 Å². The highest BCUT2D eigenvalue weighted by Gasteiger charge is 2.17. The van der Waals surface area contributed by atoms with Gasteiger partial charge in [0.15, 0.2) is 6.23 Å². The Labute approximate surface area is 61.0 Å². The molecule has 0 bridgehead atoms. The van der Waals surface area contributed by atoms with Crippen LogP contribution in [0.1, 0.15) is 13.8 Å². The molecule has 0 aliphatic carbocycles. The minimum Gasteiger partial charge on any atom is -0.245 e. The Kier molecular flexibility index (Phi) is 2.06. The molecule has 1 aliphatic rings. The summed E-state index contributed by atoms with van der Waals surface area (Å²) < 4.78 is 0. The minimum atomic E-state index is -0.0278. The third-order valence-electron chi connectivity index (χ3n) is 1.30. The smallest absolute Gasteiger partial charge is 0.174 e. The maximum Gasteiger partial charge on any atom is 0.174 e. The van der Waals surface area contributed by atoms with Crippen molar-refractivity contribution in [1.29, 1.82) is 0 Å². The summed E-state index contributed by atoms with van der Waals surface area (Å²) in [6.07, 6.45) is 1.76. The number of nitrogens with zero attached hydrogens (tertiary/aromatic N) is 2. The molecule has 0 radical (unpaired) electrons. The van der Waals surface area contributed by atoms with Crippen molar-refractivity contribution in [2.75, 3.05) is 6.54 Å². The number of hydroxylamine groups is 2. The van der Waals surface area contributed by atoms with Crippen LogP contribution in [0.25, 0.3) is 0 Å². The van der Waals surface area contributed by atoms with Gasteiger partial charge >= 0.3 is 0 Å². The molecule has 0 N–H and O–H groups in total. The maximum atomic E-state index is 5.27. The van der Waals surface area contributed by atoms with Crippen LogP contribution in [0.3, 0.4) is 0 Å². The van der Waals surface area contributed by atoms with E-state index in [0.29, 0.717) is 6.54 Å². The van der Waals surface area contributed by atoms with Crippen molar-refractivity contribution in [1.82, 2.24) is 5.06 Å². The first kappa shape index (κ1) is 7.28. The fourth-order valence-electron chi connectivity index (χ4n) is 0.904. The van der Waals surface area contributed by atoms with Gasteiger partial charge in [0.25, 0.3) is 0 Å². The first-order chi connectivity index (χ1) is 4.74. The summed E-state index contributed by atoms with van der Waals surface area (Å²) in [6.45, 7) is 8.15. The fourth-order valence-corrected chi connectivity index (χ4v) is 0.904. The van der Waals surface area contributed by atoms with Gasteiger partial charge in [-0.05, 0) is 13.8 Å². The SMILES string of the molecule is C=CCN1OC(C)N=C1C. The zero-order valence-electron chi connectivity index (χ0n) is 6.37. The largest absolute Gasteiger partial charge is 0.245 e. The highest BCUT2D eigenvalue weighted by Crippen LogP contribution is 2.09. The summed E-state index contributed by atoms with van der Waals surface area (Å²) in [7, 11) is 0. The van der Waals surface area contributed by atoms with E-state index >= 15 is 0 Å². The number of amidine groups is 1. The normalized spacial score (nSPS) is 24.8. The van der Waals surface area contributed by atoms with Gasteiger partial charge in [0.1, 0.15) is 5.84 Å². The van der Waals surface area contributed by atoms with Gasteiger partial charge in [0, 0.05) is 0 Å². The lowest BCUT2D eigenvalue weighted by atomic mass is 10.5. The van der Waals surface area contributed by atoms with Crippen molar-refractivity contribution < 1.29 is 4.84 Å². The summed E-state index contributed by atoms with van der Waals surface area (Å²) in [4.78, 5) is 9.43. The second-order valence-corrected chi connectivity index (χ2v) is 2.23. The van der Waals surface area contributed by atoms with Gasteiger partial charge in [0.2, 0.25) is 0 Å². The van der Waals surface area contributed by atoms with E-state index in [0.717, 1.165) is 5.84 Å². The van der Waals surface area contributed by atoms with E-state index in [-0.39, 0.29) is 6.23 Å².